The van der Waals surface area contributed by atoms with E-state index in [1.165, 1.54) is 12.1 Å². The van der Waals surface area contributed by atoms with Crippen LogP contribution < -0.4 is 5.32 Å². The van der Waals surface area contributed by atoms with Gasteiger partial charge in [0.15, 0.2) is 0 Å². The van der Waals surface area contributed by atoms with Crippen LogP contribution >= 0.6 is 15.9 Å². The fourth-order valence-corrected chi connectivity index (χ4v) is 1.08. The Hall–Kier alpha value is -0.900. The zero-order valence-electron chi connectivity index (χ0n) is 7.97. The maximum absolute atomic E-state index is 12.9. The molecule has 0 aliphatic heterocycles. The molecule has 76 valence electrons. The second kappa shape index (κ2) is 4.55. The van der Waals surface area contributed by atoms with Gasteiger partial charge >= 0.3 is 0 Å². The highest BCUT2D eigenvalue weighted by atomic mass is 79.9. The van der Waals surface area contributed by atoms with Gasteiger partial charge in [-0.15, -0.1) is 0 Å². The van der Waals surface area contributed by atoms with E-state index in [1.54, 1.807) is 19.9 Å². The van der Waals surface area contributed by atoms with Crippen LogP contribution in [0.3, 0.4) is 0 Å². The highest BCUT2D eigenvalue weighted by Gasteiger charge is 2.08. The Kier molecular flexibility index (Phi) is 3.63. The maximum Gasteiger partial charge on any atom is 0.237 e. The van der Waals surface area contributed by atoms with Crippen LogP contribution in [0.15, 0.2) is 18.2 Å². The van der Waals surface area contributed by atoms with Crippen LogP contribution in [0, 0.1) is 12.7 Å². The van der Waals surface area contributed by atoms with E-state index >= 15 is 0 Å². The molecule has 1 atom stereocenters. The third-order valence-electron chi connectivity index (χ3n) is 1.79. The summed E-state index contributed by atoms with van der Waals surface area (Å²) in [6.07, 6.45) is 0. The van der Waals surface area contributed by atoms with Crippen LogP contribution in [0.5, 0.6) is 0 Å². The molecule has 0 aromatic heterocycles. The lowest BCUT2D eigenvalue weighted by Gasteiger charge is -2.07. The van der Waals surface area contributed by atoms with E-state index in [0.29, 0.717) is 11.3 Å². The first-order valence-corrected chi connectivity index (χ1v) is 5.13. The fourth-order valence-electron chi connectivity index (χ4n) is 0.964. The highest BCUT2D eigenvalue weighted by molar-refractivity contribution is 9.10. The molecule has 0 saturated heterocycles. The van der Waals surface area contributed by atoms with Crippen molar-refractivity contribution in [3.8, 4) is 0 Å². The Balaban J connectivity index is 2.78. The van der Waals surface area contributed by atoms with Crippen molar-refractivity contribution in [2.75, 3.05) is 5.32 Å². The first-order chi connectivity index (χ1) is 6.50. The molecule has 2 nitrogen and oxygen atoms in total. The molecule has 14 heavy (non-hydrogen) atoms. The Bertz CT molecular complexity index is 352. The van der Waals surface area contributed by atoms with Crippen molar-refractivity contribution in [1.82, 2.24) is 0 Å². The monoisotopic (exact) mass is 259 g/mol. The number of alkyl halides is 1. The normalized spacial score (nSPS) is 12.3. The van der Waals surface area contributed by atoms with Crippen LogP contribution in [0.2, 0.25) is 0 Å². The van der Waals surface area contributed by atoms with E-state index in [4.69, 9.17) is 0 Å². The molecule has 0 bridgehead atoms. The molecule has 0 spiro atoms. The van der Waals surface area contributed by atoms with Crippen molar-refractivity contribution in [2.24, 2.45) is 0 Å². The van der Waals surface area contributed by atoms with Gasteiger partial charge in [-0.3, -0.25) is 4.79 Å². The number of aryl methyl sites for hydroxylation is 1. The second-order valence-electron chi connectivity index (χ2n) is 3.07. The molecule has 0 radical (unpaired) electrons. The van der Waals surface area contributed by atoms with Gasteiger partial charge in [-0.05, 0) is 37.6 Å². The predicted octanol–water partition coefficient (Wildman–Crippen LogP) is 2.86. The Morgan fingerprint density at radius 2 is 2.21 bits per heavy atom. The number of carbonyl (C=O) groups excluding carboxylic acids is 1. The van der Waals surface area contributed by atoms with Gasteiger partial charge in [0, 0.05) is 5.69 Å². The number of rotatable bonds is 2. The van der Waals surface area contributed by atoms with E-state index in [-0.39, 0.29) is 16.6 Å². The number of anilines is 1. The molecule has 0 aliphatic rings. The smallest absolute Gasteiger partial charge is 0.237 e. The number of benzene rings is 1. The lowest BCUT2D eigenvalue weighted by molar-refractivity contribution is -0.115. The van der Waals surface area contributed by atoms with Gasteiger partial charge in [0.2, 0.25) is 5.91 Å². The molecule has 0 heterocycles. The fraction of sp³-hybridized carbons (Fsp3) is 0.300. The van der Waals surface area contributed by atoms with Gasteiger partial charge in [0.05, 0.1) is 4.83 Å². The molecule has 4 heteroatoms. The molecule has 1 aromatic carbocycles. The van der Waals surface area contributed by atoms with E-state index in [9.17, 15) is 9.18 Å². The van der Waals surface area contributed by atoms with Gasteiger partial charge < -0.3 is 5.32 Å². The van der Waals surface area contributed by atoms with Crippen LogP contribution in [-0.2, 0) is 4.79 Å². The van der Waals surface area contributed by atoms with E-state index in [0.717, 1.165) is 0 Å². The van der Waals surface area contributed by atoms with E-state index in [2.05, 4.69) is 21.2 Å². The van der Waals surface area contributed by atoms with Gasteiger partial charge in [-0.1, -0.05) is 15.9 Å². The van der Waals surface area contributed by atoms with Crippen molar-refractivity contribution < 1.29 is 9.18 Å². The summed E-state index contributed by atoms with van der Waals surface area (Å²) >= 11 is 3.14. The number of amides is 1. The summed E-state index contributed by atoms with van der Waals surface area (Å²) in [6.45, 7) is 3.38. The standard InChI is InChI=1S/C10H11BrFNO/c1-6-5-8(3-4-9(6)12)13-10(14)7(2)11/h3-5,7H,1-2H3,(H,13,14). The molecule has 1 N–H and O–H groups in total. The summed E-state index contributed by atoms with van der Waals surface area (Å²) < 4.78 is 12.9. The minimum absolute atomic E-state index is 0.143. The molecule has 0 saturated carbocycles. The first-order valence-electron chi connectivity index (χ1n) is 4.22. The molecular formula is C10H11BrFNO. The Morgan fingerprint density at radius 3 is 2.71 bits per heavy atom. The van der Waals surface area contributed by atoms with Crippen molar-refractivity contribution in [3.63, 3.8) is 0 Å². The zero-order chi connectivity index (χ0) is 10.7. The van der Waals surface area contributed by atoms with E-state index in [1.807, 2.05) is 0 Å². The van der Waals surface area contributed by atoms with E-state index < -0.39 is 0 Å². The number of carbonyl (C=O) groups is 1. The number of nitrogens with one attached hydrogen (secondary N) is 1. The van der Waals surface area contributed by atoms with Crippen molar-refractivity contribution in [2.45, 2.75) is 18.7 Å². The molecule has 0 aliphatic carbocycles. The molecule has 0 fully saturated rings. The molecule has 1 aromatic rings. The summed E-state index contributed by atoms with van der Waals surface area (Å²) in [7, 11) is 0. The quantitative estimate of drug-likeness (QED) is 0.814. The summed E-state index contributed by atoms with van der Waals surface area (Å²) in [5.41, 5.74) is 1.13. The second-order valence-corrected chi connectivity index (χ2v) is 4.44. The van der Waals surface area contributed by atoms with Gasteiger partial charge in [-0.2, -0.15) is 0 Å². The number of hydrogen-bond donors (Lipinski definition) is 1. The van der Waals surface area contributed by atoms with Crippen LogP contribution in [0.25, 0.3) is 0 Å². The van der Waals surface area contributed by atoms with Crippen LogP contribution in [0.4, 0.5) is 10.1 Å². The average molecular weight is 260 g/mol. The number of halogens is 2. The average Bonchev–Trinajstić information content (AvgIpc) is 2.11. The van der Waals surface area contributed by atoms with Crippen molar-refractivity contribution >= 4 is 27.5 Å². The topological polar surface area (TPSA) is 29.1 Å². The summed E-state index contributed by atoms with van der Waals surface area (Å²) in [5.74, 6) is -0.411. The first kappa shape index (κ1) is 11.2. The Morgan fingerprint density at radius 1 is 1.57 bits per heavy atom. The summed E-state index contributed by atoms with van der Waals surface area (Å²) in [6, 6.07) is 4.47. The lowest BCUT2D eigenvalue weighted by atomic mass is 10.2. The third-order valence-corrected chi connectivity index (χ3v) is 2.20. The number of hydrogen-bond acceptors (Lipinski definition) is 1. The molecule has 1 rings (SSSR count). The van der Waals surface area contributed by atoms with Gasteiger partial charge in [-0.25, -0.2) is 4.39 Å². The van der Waals surface area contributed by atoms with Crippen LogP contribution in [0.1, 0.15) is 12.5 Å². The molecule has 1 unspecified atom stereocenters. The highest BCUT2D eigenvalue weighted by Crippen LogP contribution is 2.14. The minimum Gasteiger partial charge on any atom is -0.325 e. The van der Waals surface area contributed by atoms with Crippen LogP contribution in [-0.4, -0.2) is 10.7 Å². The molecule has 1 amide bonds. The van der Waals surface area contributed by atoms with Crippen molar-refractivity contribution in [3.05, 3.63) is 29.6 Å². The summed E-state index contributed by atoms with van der Waals surface area (Å²) in [5, 5.41) is 2.66. The van der Waals surface area contributed by atoms with Crippen molar-refractivity contribution in [1.29, 1.82) is 0 Å². The van der Waals surface area contributed by atoms with Gasteiger partial charge in [0.25, 0.3) is 0 Å². The minimum atomic E-state index is -0.269. The largest absolute Gasteiger partial charge is 0.325 e. The summed E-state index contributed by atoms with van der Waals surface area (Å²) in [4.78, 5) is 11.0. The predicted molar refractivity (Wildman–Crippen MR) is 58.2 cm³/mol. The third kappa shape index (κ3) is 2.80. The lowest BCUT2D eigenvalue weighted by Crippen LogP contribution is -2.19. The van der Waals surface area contributed by atoms with Gasteiger partial charge in [0.1, 0.15) is 5.82 Å². The SMILES string of the molecule is Cc1cc(NC(=O)C(C)Br)ccc1F. The molecular weight excluding hydrogens is 249 g/mol. The zero-order valence-corrected chi connectivity index (χ0v) is 9.56. The maximum atomic E-state index is 12.9. The Labute approximate surface area is 90.6 Å².